The van der Waals surface area contributed by atoms with E-state index < -0.39 is 11.2 Å². The van der Waals surface area contributed by atoms with Gasteiger partial charge in [0.1, 0.15) is 0 Å². The van der Waals surface area contributed by atoms with Crippen molar-refractivity contribution in [1.29, 1.82) is 0 Å². The fraction of sp³-hybridized carbons (Fsp3) is 0.200. The van der Waals surface area contributed by atoms with Gasteiger partial charge in [-0.05, 0) is 30.7 Å². The van der Waals surface area contributed by atoms with E-state index in [0.717, 1.165) is 34.1 Å². The summed E-state index contributed by atoms with van der Waals surface area (Å²) >= 11 is 4.73. The first kappa shape index (κ1) is 12.9. The van der Waals surface area contributed by atoms with Gasteiger partial charge in [0.15, 0.2) is 9.79 Å². The lowest BCUT2D eigenvalue weighted by molar-refractivity contribution is 0.593. The highest BCUT2D eigenvalue weighted by molar-refractivity contribution is 7.92. The standard InChI is InChI=1S/C15H14ClNOS/c16-10-5-11-17-12-6-1-3-8-14(12)19(18)15-9-4-2-7-13(15)17/h1-4,6-9H,5,10-11H2. The van der Waals surface area contributed by atoms with Crippen LogP contribution in [0.1, 0.15) is 6.42 Å². The minimum absolute atomic E-state index is 0.629. The first-order chi connectivity index (χ1) is 9.33. The maximum atomic E-state index is 12.6. The van der Waals surface area contributed by atoms with E-state index in [-0.39, 0.29) is 0 Å². The number of para-hydroxylation sites is 2. The average Bonchev–Trinajstić information content (AvgIpc) is 2.47. The summed E-state index contributed by atoms with van der Waals surface area (Å²) < 4.78 is 12.6. The molecule has 0 unspecified atom stereocenters. The van der Waals surface area contributed by atoms with Crippen LogP contribution >= 0.6 is 11.6 Å². The Morgan fingerprint density at radius 3 is 2.00 bits per heavy atom. The lowest BCUT2D eigenvalue weighted by Crippen LogP contribution is -2.27. The topological polar surface area (TPSA) is 26.3 Å². The Hall–Kier alpha value is -1.16. The van der Waals surface area contributed by atoms with E-state index >= 15 is 0 Å². The molecule has 0 saturated heterocycles. The van der Waals surface area contributed by atoms with Crippen molar-refractivity contribution in [2.75, 3.05) is 17.3 Å². The number of benzene rings is 2. The van der Waals surface area contributed by atoms with Gasteiger partial charge in [-0.15, -0.1) is 11.6 Å². The third-order valence-electron chi connectivity index (χ3n) is 3.23. The van der Waals surface area contributed by atoms with Crippen LogP contribution in [0.15, 0.2) is 58.3 Å². The van der Waals surface area contributed by atoms with Crippen molar-refractivity contribution < 1.29 is 4.55 Å². The predicted octanol–water partition coefficient (Wildman–Crippen LogP) is 3.93. The molecule has 0 aliphatic carbocycles. The molecule has 1 heterocycles. The fourth-order valence-electron chi connectivity index (χ4n) is 2.38. The molecule has 0 aromatic heterocycles. The fourth-order valence-corrected chi connectivity index (χ4v) is 3.88. The number of nitrogens with zero attached hydrogens (tertiary/aromatic N) is 1. The molecule has 0 radical (unpaired) electrons. The Balaban J connectivity index is 2.12. The number of hydrogen-bond acceptors (Lipinski definition) is 2. The van der Waals surface area contributed by atoms with Crippen molar-refractivity contribution in [2.45, 2.75) is 16.2 Å². The largest absolute Gasteiger partial charge is 0.606 e. The Morgan fingerprint density at radius 2 is 1.47 bits per heavy atom. The molecule has 0 atom stereocenters. The Bertz CT molecular complexity index is 542. The van der Waals surface area contributed by atoms with Crippen LogP contribution < -0.4 is 4.90 Å². The molecule has 3 rings (SSSR count). The van der Waals surface area contributed by atoms with Gasteiger partial charge in [0, 0.05) is 23.6 Å². The molecule has 0 bridgehead atoms. The Labute approximate surface area is 121 Å². The molecule has 0 spiro atoms. The molecule has 98 valence electrons. The van der Waals surface area contributed by atoms with Crippen LogP contribution in [0.5, 0.6) is 0 Å². The first-order valence-electron chi connectivity index (χ1n) is 6.26. The van der Waals surface area contributed by atoms with Crippen LogP contribution in [-0.4, -0.2) is 17.0 Å². The van der Waals surface area contributed by atoms with Crippen molar-refractivity contribution in [1.82, 2.24) is 0 Å². The highest BCUT2D eigenvalue weighted by Crippen LogP contribution is 2.43. The number of fused-ring (bicyclic) bond motifs is 2. The zero-order valence-corrected chi connectivity index (χ0v) is 12.0. The molecule has 1 aliphatic heterocycles. The second kappa shape index (κ2) is 5.45. The molecule has 4 heteroatoms. The number of rotatable bonds is 3. The minimum atomic E-state index is -1.09. The van der Waals surface area contributed by atoms with Crippen LogP contribution in [0.4, 0.5) is 11.4 Å². The molecule has 0 saturated carbocycles. The number of hydrogen-bond donors (Lipinski definition) is 0. The lowest BCUT2D eigenvalue weighted by atomic mass is 10.2. The molecule has 0 N–H and O–H groups in total. The average molecular weight is 292 g/mol. The van der Waals surface area contributed by atoms with Crippen LogP contribution in [0.3, 0.4) is 0 Å². The summed E-state index contributed by atoms with van der Waals surface area (Å²) in [5, 5.41) is 0. The van der Waals surface area contributed by atoms with Crippen LogP contribution in [0.2, 0.25) is 0 Å². The zero-order valence-electron chi connectivity index (χ0n) is 10.4. The van der Waals surface area contributed by atoms with E-state index in [9.17, 15) is 4.55 Å². The minimum Gasteiger partial charge on any atom is -0.606 e. The molecule has 2 aromatic carbocycles. The van der Waals surface area contributed by atoms with Crippen LogP contribution in [0.25, 0.3) is 0 Å². The summed E-state index contributed by atoms with van der Waals surface area (Å²) in [5.74, 6) is 0.629. The van der Waals surface area contributed by atoms with Gasteiger partial charge in [0.2, 0.25) is 0 Å². The second-order valence-corrected chi connectivity index (χ2v) is 6.19. The monoisotopic (exact) mass is 291 g/mol. The van der Waals surface area contributed by atoms with Crippen molar-refractivity contribution in [3.05, 3.63) is 48.5 Å². The SMILES string of the molecule is [O-][S+]1c2ccccc2N(CCCCl)c2ccccc21. The molecular weight excluding hydrogens is 278 g/mol. The molecular formula is C15H14ClNOS. The summed E-state index contributed by atoms with van der Waals surface area (Å²) in [6.45, 7) is 0.842. The van der Waals surface area contributed by atoms with E-state index in [1.54, 1.807) is 0 Å². The number of anilines is 2. The predicted molar refractivity (Wildman–Crippen MR) is 79.9 cm³/mol. The maximum Gasteiger partial charge on any atom is 0.182 e. The summed E-state index contributed by atoms with van der Waals surface area (Å²) in [5.41, 5.74) is 2.06. The zero-order chi connectivity index (χ0) is 13.2. The molecule has 1 aliphatic rings. The third-order valence-corrected chi connectivity index (χ3v) is 4.98. The summed E-state index contributed by atoms with van der Waals surface area (Å²) in [6.07, 6.45) is 0.900. The van der Waals surface area contributed by atoms with Crippen LogP contribution in [0, 0.1) is 0 Å². The molecule has 0 amide bonds. The smallest absolute Gasteiger partial charge is 0.182 e. The maximum absolute atomic E-state index is 12.6. The highest BCUT2D eigenvalue weighted by Gasteiger charge is 2.32. The van der Waals surface area contributed by atoms with Gasteiger partial charge in [-0.2, -0.15) is 0 Å². The van der Waals surface area contributed by atoms with Gasteiger partial charge in [-0.3, -0.25) is 0 Å². The lowest BCUT2D eigenvalue weighted by Gasteiger charge is -2.32. The number of alkyl halides is 1. The van der Waals surface area contributed by atoms with E-state index in [0.29, 0.717) is 5.88 Å². The Kier molecular flexibility index (Phi) is 3.69. The van der Waals surface area contributed by atoms with Crippen molar-refractivity contribution >= 4 is 34.2 Å². The van der Waals surface area contributed by atoms with E-state index in [2.05, 4.69) is 4.90 Å². The van der Waals surface area contributed by atoms with E-state index in [1.165, 1.54) is 0 Å². The van der Waals surface area contributed by atoms with E-state index in [1.807, 2.05) is 48.5 Å². The first-order valence-corrected chi connectivity index (χ1v) is 7.94. The Morgan fingerprint density at radius 1 is 0.947 bits per heavy atom. The van der Waals surface area contributed by atoms with Gasteiger partial charge >= 0.3 is 0 Å². The molecule has 2 aromatic rings. The summed E-state index contributed by atoms with van der Waals surface area (Å²) in [7, 11) is 0. The van der Waals surface area contributed by atoms with E-state index in [4.69, 9.17) is 11.6 Å². The highest BCUT2D eigenvalue weighted by atomic mass is 35.5. The van der Waals surface area contributed by atoms with Gasteiger partial charge in [-0.25, -0.2) is 0 Å². The second-order valence-electron chi connectivity index (χ2n) is 4.40. The van der Waals surface area contributed by atoms with Crippen molar-refractivity contribution in [3.63, 3.8) is 0 Å². The van der Waals surface area contributed by atoms with Gasteiger partial charge < -0.3 is 9.45 Å². The molecule has 2 nitrogen and oxygen atoms in total. The van der Waals surface area contributed by atoms with Crippen molar-refractivity contribution in [2.24, 2.45) is 0 Å². The molecule has 0 fully saturated rings. The van der Waals surface area contributed by atoms with Crippen molar-refractivity contribution in [3.8, 4) is 0 Å². The third kappa shape index (κ3) is 2.22. The van der Waals surface area contributed by atoms with Gasteiger partial charge in [0.25, 0.3) is 0 Å². The van der Waals surface area contributed by atoms with Gasteiger partial charge in [0.05, 0.1) is 11.4 Å². The quantitative estimate of drug-likeness (QED) is 0.632. The normalized spacial score (nSPS) is 14.1. The molecule has 19 heavy (non-hydrogen) atoms. The van der Waals surface area contributed by atoms with Gasteiger partial charge in [-0.1, -0.05) is 24.3 Å². The number of halogens is 1. The van der Waals surface area contributed by atoms with Crippen LogP contribution in [-0.2, 0) is 11.2 Å². The summed E-state index contributed by atoms with van der Waals surface area (Å²) in [6, 6.07) is 15.8. The summed E-state index contributed by atoms with van der Waals surface area (Å²) in [4.78, 5) is 3.99.